The second kappa shape index (κ2) is 6.02. The summed E-state index contributed by atoms with van der Waals surface area (Å²) >= 11 is 0. The Labute approximate surface area is 123 Å². The van der Waals surface area contributed by atoms with Crippen LogP contribution in [0.15, 0.2) is 47.4 Å². The highest BCUT2D eigenvalue weighted by Crippen LogP contribution is 2.27. The summed E-state index contributed by atoms with van der Waals surface area (Å²) in [5.41, 5.74) is 6.94. The molecule has 2 rings (SSSR count). The number of sulfonamides is 1. The molecule has 4 N–H and O–H groups in total. The molecular formula is C13H15ClN2O3S. The molecule has 5 nitrogen and oxygen atoms in total. The lowest BCUT2D eigenvalue weighted by atomic mass is 10.2. The molecule has 0 radical (unpaired) electrons. The molecule has 0 fully saturated rings. The molecule has 2 aromatic carbocycles. The van der Waals surface area contributed by atoms with E-state index in [4.69, 9.17) is 5.73 Å². The van der Waals surface area contributed by atoms with E-state index in [1.165, 1.54) is 30.3 Å². The maximum absolute atomic E-state index is 12.1. The van der Waals surface area contributed by atoms with E-state index in [0.717, 1.165) is 5.56 Å². The molecule has 0 aromatic heterocycles. The molecular weight excluding hydrogens is 300 g/mol. The minimum Gasteiger partial charge on any atom is -0.506 e. The normalized spacial score (nSPS) is 10.7. The Morgan fingerprint density at radius 1 is 1.10 bits per heavy atom. The summed E-state index contributed by atoms with van der Waals surface area (Å²) in [5, 5.41) is 9.61. The number of hydrogen-bond donors (Lipinski definition) is 3. The van der Waals surface area contributed by atoms with Crippen LogP contribution in [0.1, 0.15) is 5.56 Å². The first-order valence-electron chi connectivity index (χ1n) is 5.56. The number of halogens is 1. The standard InChI is InChI=1S/C13H14N2O3S.ClH/c1-9-2-5-11(6-3-9)19(17,18)15-12-8-10(14)4-7-13(12)16;/h2-8,15-16H,14H2,1H3;1H. The first-order chi connectivity index (χ1) is 8.88. The Morgan fingerprint density at radius 2 is 1.70 bits per heavy atom. The van der Waals surface area contributed by atoms with Crippen molar-refractivity contribution in [3.63, 3.8) is 0 Å². The van der Waals surface area contributed by atoms with Crippen LogP contribution in [0, 0.1) is 6.92 Å². The highest BCUT2D eigenvalue weighted by atomic mass is 35.5. The summed E-state index contributed by atoms with van der Waals surface area (Å²) in [6.07, 6.45) is 0. The average Bonchev–Trinajstić information content (AvgIpc) is 2.34. The fourth-order valence-corrected chi connectivity index (χ4v) is 2.62. The van der Waals surface area contributed by atoms with Crippen molar-refractivity contribution in [2.75, 3.05) is 10.5 Å². The monoisotopic (exact) mass is 314 g/mol. The molecule has 0 unspecified atom stereocenters. The van der Waals surface area contributed by atoms with Crippen molar-refractivity contribution in [2.24, 2.45) is 0 Å². The first kappa shape index (κ1) is 16.1. The molecule has 108 valence electrons. The maximum Gasteiger partial charge on any atom is 0.262 e. The van der Waals surface area contributed by atoms with E-state index in [1.54, 1.807) is 12.1 Å². The molecule has 0 aliphatic carbocycles. The summed E-state index contributed by atoms with van der Waals surface area (Å²) < 4.78 is 26.5. The van der Waals surface area contributed by atoms with Crippen molar-refractivity contribution in [3.05, 3.63) is 48.0 Å². The number of aromatic hydroxyl groups is 1. The van der Waals surface area contributed by atoms with Gasteiger partial charge in [0, 0.05) is 5.69 Å². The predicted molar refractivity (Wildman–Crippen MR) is 81.8 cm³/mol. The van der Waals surface area contributed by atoms with E-state index in [0.29, 0.717) is 5.69 Å². The zero-order chi connectivity index (χ0) is 14.0. The molecule has 0 saturated carbocycles. The Bertz CT molecular complexity index is 700. The Kier molecular flexibility index (Phi) is 4.86. The van der Waals surface area contributed by atoms with Crippen LogP contribution in [0.3, 0.4) is 0 Å². The third kappa shape index (κ3) is 3.55. The number of phenols is 1. The molecule has 0 amide bonds. The number of benzene rings is 2. The van der Waals surface area contributed by atoms with E-state index in [1.807, 2.05) is 6.92 Å². The van der Waals surface area contributed by atoms with Gasteiger partial charge in [0.2, 0.25) is 0 Å². The van der Waals surface area contributed by atoms with Crippen molar-refractivity contribution < 1.29 is 13.5 Å². The van der Waals surface area contributed by atoms with Crippen LogP contribution in [-0.2, 0) is 10.0 Å². The number of phenolic OH excluding ortho intramolecular Hbond substituents is 1. The minimum absolute atomic E-state index is 0. The van der Waals surface area contributed by atoms with Gasteiger partial charge in [-0.2, -0.15) is 0 Å². The van der Waals surface area contributed by atoms with Gasteiger partial charge >= 0.3 is 0 Å². The molecule has 0 bridgehead atoms. The van der Waals surface area contributed by atoms with Gasteiger partial charge in [-0.3, -0.25) is 4.72 Å². The summed E-state index contributed by atoms with van der Waals surface area (Å²) in [5.74, 6) is -0.176. The lowest BCUT2D eigenvalue weighted by Gasteiger charge is -2.10. The molecule has 0 aliphatic rings. The minimum atomic E-state index is -3.73. The molecule has 20 heavy (non-hydrogen) atoms. The van der Waals surface area contributed by atoms with E-state index in [9.17, 15) is 13.5 Å². The third-order valence-corrected chi connectivity index (χ3v) is 3.98. The van der Waals surface area contributed by atoms with Gasteiger partial charge in [-0.25, -0.2) is 8.42 Å². The number of rotatable bonds is 3. The quantitative estimate of drug-likeness (QED) is 0.461. The fourth-order valence-electron chi connectivity index (χ4n) is 1.56. The Balaban J connectivity index is 0.00000200. The number of hydrogen-bond acceptors (Lipinski definition) is 4. The van der Waals surface area contributed by atoms with E-state index >= 15 is 0 Å². The van der Waals surface area contributed by atoms with Crippen LogP contribution in [0.5, 0.6) is 5.75 Å². The van der Waals surface area contributed by atoms with Crippen molar-refractivity contribution in [3.8, 4) is 5.75 Å². The topological polar surface area (TPSA) is 92.4 Å². The summed E-state index contributed by atoms with van der Waals surface area (Å²) in [6, 6.07) is 10.6. The van der Waals surface area contributed by atoms with Crippen molar-refractivity contribution in [2.45, 2.75) is 11.8 Å². The van der Waals surface area contributed by atoms with E-state index in [-0.39, 0.29) is 28.7 Å². The van der Waals surface area contributed by atoms with Gasteiger partial charge in [-0.05, 0) is 37.3 Å². The smallest absolute Gasteiger partial charge is 0.262 e. The third-order valence-electron chi connectivity index (χ3n) is 2.60. The second-order valence-corrected chi connectivity index (χ2v) is 5.88. The molecule has 0 atom stereocenters. The Morgan fingerprint density at radius 3 is 2.30 bits per heavy atom. The lowest BCUT2D eigenvalue weighted by molar-refractivity contribution is 0.477. The highest BCUT2D eigenvalue weighted by molar-refractivity contribution is 7.92. The largest absolute Gasteiger partial charge is 0.506 e. The van der Waals surface area contributed by atoms with E-state index in [2.05, 4.69) is 4.72 Å². The van der Waals surface area contributed by atoms with Gasteiger partial charge < -0.3 is 10.8 Å². The second-order valence-electron chi connectivity index (χ2n) is 4.20. The zero-order valence-electron chi connectivity index (χ0n) is 10.7. The molecule has 0 spiro atoms. The van der Waals surface area contributed by atoms with Crippen LogP contribution >= 0.6 is 12.4 Å². The van der Waals surface area contributed by atoms with Gasteiger partial charge in [0.25, 0.3) is 10.0 Å². The summed E-state index contributed by atoms with van der Waals surface area (Å²) in [7, 11) is -3.73. The molecule has 2 aromatic rings. The molecule has 0 saturated heterocycles. The molecule has 0 aliphatic heterocycles. The first-order valence-corrected chi connectivity index (χ1v) is 7.05. The number of nitrogens with two attached hydrogens (primary N) is 1. The summed E-state index contributed by atoms with van der Waals surface area (Å²) in [4.78, 5) is 0.125. The predicted octanol–water partition coefficient (Wildman–Crippen LogP) is 2.51. The van der Waals surface area contributed by atoms with Gasteiger partial charge in [0.15, 0.2) is 0 Å². The van der Waals surface area contributed by atoms with Gasteiger partial charge in [0.05, 0.1) is 10.6 Å². The highest BCUT2D eigenvalue weighted by Gasteiger charge is 2.15. The number of aryl methyl sites for hydroxylation is 1. The van der Waals surface area contributed by atoms with Gasteiger partial charge in [-0.1, -0.05) is 17.7 Å². The molecule has 0 heterocycles. The zero-order valence-corrected chi connectivity index (χ0v) is 12.3. The summed E-state index contributed by atoms with van der Waals surface area (Å²) in [6.45, 7) is 1.87. The average molecular weight is 315 g/mol. The SMILES string of the molecule is Cc1ccc(S(=O)(=O)Nc2cc(N)ccc2O)cc1.Cl. The number of nitrogen functional groups attached to an aromatic ring is 1. The van der Waals surface area contributed by atoms with Crippen LogP contribution < -0.4 is 10.5 Å². The number of anilines is 2. The van der Waals surface area contributed by atoms with E-state index < -0.39 is 10.0 Å². The number of nitrogens with one attached hydrogen (secondary N) is 1. The fraction of sp³-hybridized carbons (Fsp3) is 0.0769. The van der Waals surface area contributed by atoms with Crippen LogP contribution in [0.25, 0.3) is 0 Å². The van der Waals surface area contributed by atoms with Gasteiger partial charge in [0.1, 0.15) is 5.75 Å². The van der Waals surface area contributed by atoms with Crippen molar-refractivity contribution in [1.82, 2.24) is 0 Å². The van der Waals surface area contributed by atoms with Crippen LogP contribution in [0.4, 0.5) is 11.4 Å². The van der Waals surface area contributed by atoms with Crippen molar-refractivity contribution in [1.29, 1.82) is 0 Å². The lowest BCUT2D eigenvalue weighted by Crippen LogP contribution is -2.13. The van der Waals surface area contributed by atoms with Crippen molar-refractivity contribution >= 4 is 33.8 Å². The van der Waals surface area contributed by atoms with Gasteiger partial charge in [-0.15, -0.1) is 12.4 Å². The van der Waals surface area contributed by atoms with Crippen LogP contribution in [0.2, 0.25) is 0 Å². The Hall–Kier alpha value is -1.92. The molecule has 7 heteroatoms. The maximum atomic E-state index is 12.1. The van der Waals surface area contributed by atoms with Crippen LogP contribution in [-0.4, -0.2) is 13.5 Å².